The molecule has 5 heteroatoms. The average Bonchev–Trinajstić information content (AvgIpc) is 3.21. The molecule has 4 rings (SSSR count). The summed E-state index contributed by atoms with van der Waals surface area (Å²) in [5, 5.41) is 7.23. The number of methoxy groups -OCH3 is 1. The van der Waals surface area contributed by atoms with Gasteiger partial charge in [0.1, 0.15) is 5.75 Å². The molecule has 0 bridgehead atoms. The van der Waals surface area contributed by atoms with Crippen LogP contribution in [-0.4, -0.2) is 22.8 Å². The Morgan fingerprint density at radius 2 is 1.72 bits per heavy atom. The molecule has 29 heavy (non-hydrogen) atoms. The molecule has 0 saturated heterocycles. The molecule has 1 N–H and O–H groups in total. The Kier molecular flexibility index (Phi) is 5.38. The van der Waals surface area contributed by atoms with Gasteiger partial charge in [-0.1, -0.05) is 54.6 Å². The second kappa shape index (κ2) is 8.44. The van der Waals surface area contributed by atoms with Crippen LogP contribution in [0.15, 0.2) is 91.3 Å². The van der Waals surface area contributed by atoms with Gasteiger partial charge in [0, 0.05) is 11.8 Å². The Balaban J connectivity index is 1.41. The van der Waals surface area contributed by atoms with E-state index >= 15 is 0 Å². The fraction of sp³-hybridized carbons (Fsp3) is 0.0833. The Morgan fingerprint density at radius 3 is 2.48 bits per heavy atom. The molecule has 4 aromatic rings. The number of amides is 1. The van der Waals surface area contributed by atoms with Crippen molar-refractivity contribution in [2.75, 3.05) is 12.4 Å². The monoisotopic (exact) mass is 383 g/mol. The van der Waals surface area contributed by atoms with Crippen molar-refractivity contribution in [1.82, 2.24) is 9.78 Å². The Labute approximate surface area is 169 Å². The lowest BCUT2D eigenvalue weighted by molar-refractivity contribution is 0.102. The highest BCUT2D eigenvalue weighted by Gasteiger charge is 2.08. The summed E-state index contributed by atoms with van der Waals surface area (Å²) in [6.45, 7) is 0.596. The third-order valence-corrected chi connectivity index (χ3v) is 4.62. The van der Waals surface area contributed by atoms with E-state index in [1.165, 1.54) is 0 Å². The van der Waals surface area contributed by atoms with Crippen LogP contribution < -0.4 is 10.1 Å². The van der Waals surface area contributed by atoms with Crippen molar-refractivity contribution in [2.45, 2.75) is 6.54 Å². The van der Waals surface area contributed by atoms with Gasteiger partial charge in [0.2, 0.25) is 0 Å². The predicted octanol–water partition coefficient (Wildman–Crippen LogP) is 4.86. The molecule has 0 spiro atoms. The van der Waals surface area contributed by atoms with E-state index in [0.717, 1.165) is 22.4 Å². The van der Waals surface area contributed by atoms with Crippen molar-refractivity contribution in [3.63, 3.8) is 0 Å². The maximum Gasteiger partial charge on any atom is 0.255 e. The second-order valence-electron chi connectivity index (χ2n) is 6.68. The number of hydrogen-bond acceptors (Lipinski definition) is 3. The van der Waals surface area contributed by atoms with Crippen LogP contribution in [0, 0.1) is 0 Å². The molecule has 3 aromatic carbocycles. The minimum Gasteiger partial charge on any atom is -0.497 e. The minimum atomic E-state index is -0.162. The standard InChI is InChI=1S/C24H21N3O2/c1-29-23-9-5-6-18(14-23)16-27-17-22(15-25-27)26-24(28)21-12-10-20(11-13-21)19-7-3-2-4-8-19/h2-15,17H,16H2,1H3,(H,26,28). The van der Waals surface area contributed by atoms with Gasteiger partial charge >= 0.3 is 0 Å². The molecule has 0 aliphatic heterocycles. The molecule has 0 unspecified atom stereocenters. The lowest BCUT2D eigenvalue weighted by Crippen LogP contribution is -2.11. The number of nitrogens with zero attached hydrogens (tertiary/aromatic N) is 2. The predicted molar refractivity (Wildman–Crippen MR) is 114 cm³/mol. The maximum absolute atomic E-state index is 12.5. The molecule has 144 valence electrons. The summed E-state index contributed by atoms with van der Waals surface area (Å²) in [7, 11) is 1.65. The summed E-state index contributed by atoms with van der Waals surface area (Å²) in [6.07, 6.45) is 3.46. The van der Waals surface area contributed by atoms with Gasteiger partial charge < -0.3 is 10.1 Å². The van der Waals surface area contributed by atoms with Crippen LogP contribution in [0.5, 0.6) is 5.75 Å². The van der Waals surface area contributed by atoms with Gasteiger partial charge in [-0.2, -0.15) is 5.10 Å². The molecule has 0 aliphatic rings. The highest BCUT2D eigenvalue weighted by molar-refractivity contribution is 6.04. The van der Waals surface area contributed by atoms with Crippen LogP contribution in [0.4, 0.5) is 5.69 Å². The van der Waals surface area contributed by atoms with Crippen molar-refractivity contribution in [3.8, 4) is 16.9 Å². The third-order valence-electron chi connectivity index (χ3n) is 4.62. The normalized spacial score (nSPS) is 10.5. The van der Waals surface area contributed by atoms with Crippen LogP contribution in [0.25, 0.3) is 11.1 Å². The molecular weight excluding hydrogens is 362 g/mol. The summed E-state index contributed by atoms with van der Waals surface area (Å²) in [6, 6.07) is 25.5. The summed E-state index contributed by atoms with van der Waals surface area (Å²) in [5.41, 5.74) is 4.53. The van der Waals surface area contributed by atoms with E-state index in [-0.39, 0.29) is 5.91 Å². The Hall–Kier alpha value is -3.86. The van der Waals surface area contributed by atoms with Crippen LogP contribution >= 0.6 is 0 Å². The van der Waals surface area contributed by atoms with E-state index in [1.54, 1.807) is 18.0 Å². The van der Waals surface area contributed by atoms with Gasteiger partial charge in [-0.3, -0.25) is 9.48 Å². The van der Waals surface area contributed by atoms with Gasteiger partial charge in [0.25, 0.3) is 5.91 Å². The first-order chi connectivity index (χ1) is 14.2. The van der Waals surface area contributed by atoms with Gasteiger partial charge in [-0.25, -0.2) is 0 Å². The van der Waals surface area contributed by atoms with Crippen molar-refractivity contribution in [3.05, 3.63) is 102 Å². The number of hydrogen-bond donors (Lipinski definition) is 1. The molecule has 1 heterocycles. The number of anilines is 1. The quantitative estimate of drug-likeness (QED) is 0.517. The smallest absolute Gasteiger partial charge is 0.255 e. The van der Waals surface area contributed by atoms with E-state index in [0.29, 0.717) is 17.8 Å². The Morgan fingerprint density at radius 1 is 0.966 bits per heavy atom. The van der Waals surface area contributed by atoms with E-state index < -0.39 is 0 Å². The maximum atomic E-state index is 12.5. The van der Waals surface area contributed by atoms with E-state index in [2.05, 4.69) is 10.4 Å². The van der Waals surface area contributed by atoms with Gasteiger partial charge in [0.05, 0.1) is 25.5 Å². The summed E-state index contributed by atoms with van der Waals surface area (Å²) >= 11 is 0. The largest absolute Gasteiger partial charge is 0.497 e. The van der Waals surface area contributed by atoms with Crippen LogP contribution in [-0.2, 0) is 6.54 Å². The number of carbonyl (C=O) groups is 1. The highest BCUT2D eigenvalue weighted by Crippen LogP contribution is 2.20. The highest BCUT2D eigenvalue weighted by atomic mass is 16.5. The first-order valence-corrected chi connectivity index (χ1v) is 9.33. The van der Waals surface area contributed by atoms with Gasteiger partial charge in [-0.15, -0.1) is 0 Å². The SMILES string of the molecule is COc1cccc(Cn2cc(NC(=O)c3ccc(-c4ccccc4)cc3)cn2)c1. The van der Waals surface area contributed by atoms with E-state index in [4.69, 9.17) is 4.74 Å². The third kappa shape index (κ3) is 4.52. The first-order valence-electron chi connectivity index (χ1n) is 9.33. The molecule has 0 radical (unpaired) electrons. The molecule has 0 aliphatic carbocycles. The lowest BCUT2D eigenvalue weighted by atomic mass is 10.0. The number of carbonyl (C=O) groups excluding carboxylic acids is 1. The van der Waals surface area contributed by atoms with E-state index in [1.807, 2.05) is 85.1 Å². The molecule has 5 nitrogen and oxygen atoms in total. The molecular formula is C24H21N3O2. The second-order valence-corrected chi connectivity index (χ2v) is 6.68. The fourth-order valence-corrected chi connectivity index (χ4v) is 3.12. The topological polar surface area (TPSA) is 56.1 Å². The number of ether oxygens (including phenoxy) is 1. The lowest BCUT2D eigenvalue weighted by Gasteiger charge is -2.06. The summed E-state index contributed by atoms with van der Waals surface area (Å²) < 4.78 is 7.03. The van der Waals surface area contributed by atoms with Crippen LogP contribution in [0.3, 0.4) is 0 Å². The number of rotatable bonds is 6. The van der Waals surface area contributed by atoms with E-state index in [9.17, 15) is 4.79 Å². The fourth-order valence-electron chi connectivity index (χ4n) is 3.12. The molecule has 0 fully saturated rings. The van der Waals surface area contributed by atoms with Crippen molar-refractivity contribution in [1.29, 1.82) is 0 Å². The zero-order chi connectivity index (χ0) is 20.1. The van der Waals surface area contributed by atoms with Crippen molar-refractivity contribution in [2.24, 2.45) is 0 Å². The van der Waals surface area contributed by atoms with Crippen LogP contribution in [0.2, 0.25) is 0 Å². The zero-order valence-electron chi connectivity index (χ0n) is 16.1. The summed E-state index contributed by atoms with van der Waals surface area (Å²) in [4.78, 5) is 12.5. The molecule has 1 amide bonds. The van der Waals surface area contributed by atoms with Crippen LogP contribution in [0.1, 0.15) is 15.9 Å². The van der Waals surface area contributed by atoms with Gasteiger partial charge in [0.15, 0.2) is 0 Å². The number of nitrogens with one attached hydrogen (secondary N) is 1. The minimum absolute atomic E-state index is 0.162. The first kappa shape index (κ1) is 18.5. The average molecular weight is 383 g/mol. The van der Waals surface area contributed by atoms with Crippen molar-refractivity contribution < 1.29 is 9.53 Å². The summed E-state index contributed by atoms with van der Waals surface area (Å²) in [5.74, 6) is 0.646. The molecule has 0 atom stereocenters. The van der Waals surface area contributed by atoms with Crippen molar-refractivity contribution >= 4 is 11.6 Å². The number of aromatic nitrogens is 2. The van der Waals surface area contributed by atoms with Gasteiger partial charge in [-0.05, 0) is 41.0 Å². The Bertz CT molecular complexity index is 1100. The number of benzene rings is 3. The molecule has 1 aromatic heterocycles. The zero-order valence-corrected chi connectivity index (χ0v) is 16.1. The molecule has 0 saturated carbocycles.